The van der Waals surface area contributed by atoms with Crippen LogP contribution in [0, 0.1) is 17.3 Å². The first-order chi connectivity index (χ1) is 13.0. The maximum Gasteiger partial charge on any atom is 0.255 e. The van der Waals surface area contributed by atoms with Crippen LogP contribution in [0.4, 0.5) is 5.69 Å². The average Bonchev–Trinajstić information content (AvgIpc) is 3.14. The normalized spacial score (nSPS) is 37.6. The Morgan fingerprint density at radius 2 is 1.93 bits per heavy atom. The van der Waals surface area contributed by atoms with Crippen LogP contribution in [-0.4, -0.2) is 23.5 Å². The number of fused-ring (bicyclic) bond motifs is 3. The van der Waals surface area contributed by atoms with E-state index in [1.54, 1.807) is 0 Å². The number of benzene rings is 1. The Morgan fingerprint density at radius 3 is 2.70 bits per heavy atom. The van der Waals surface area contributed by atoms with Crippen LogP contribution in [0.25, 0.3) is 0 Å². The molecular formula is C22H29N3O2. The first-order valence-corrected chi connectivity index (χ1v) is 10.5. The van der Waals surface area contributed by atoms with E-state index in [0.29, 0.717) is 11.6 Å². The monoisotopic (exact) mass is 367 g/mol. The van der Waals surface area contributed by atoms with Gasteiger partial charge in [0.1, 0.15) is 5.66 Å². The van der Waals surface area contributed by atoms with Gasteiger partial charge in [0.25, 0.3) is 5.91 Å². The van der Waals surface area contributed by atoms with Crippen molar-refractivity contribution >= 4 is 17.5 Å². The van der Waals surface area contributed by atoms with Gasteiger partial charge in [-0.25, -0.2) is 0 Å². The summed E-state index contributed by atoms with van der Waals surface area (Å²) < 4.78 is 0. The van der Waals surface area contributed by atoms with E-state index in [-0.39, 0.29) is 29.1 Å². The number of anilines is 1. The van der Waals surface area contributed by atoms with Gasteiger partial charge in [-0.15, -0.1) is 0 Å². The zero-order valence-electron chi connectivity index (χ0n) is 16.0. The first-order valence-electron chi connectivity index (χ1n) is 10.5. The van der Waals surface area contributed by atoms with Gasteiger partial charge in [0.15, 0.2) is 0 Å². The van der Waals surface area contributed by atoms with E-state index in [1.165, 1.54) is 12.8 Å². The highest BCUT2D eigenvalue weighted by Crippen LogP contribution is 2.58. The van der Waals surface area contributed by atoms with E-state index in [2.05, 4.69) is 22.9 Å². The molecule has 0 saturated heterocycles. The molecule has 0 aromatic heterocycles. The molecule has 5 heteroatoms. The smallest absolute Gasteiger partial charge is 0.255 e. The molecule has 3 N–H and O–H groups in total. The van der Waals surface area contributed by atoms with Crippen LogP contribution in [0.1, 0.15) is 68.6 Å². The number of amides is 2. The van der Waals surface area contributed by atoms with Crippen molar-refractivity contribution in [2.45, 2.75) is 70.0 Å². The van der Waals surface area contributed by atoms with Crippen molar-refractivity contribution in [1.29, 1.82) is 0 Å². The van der Waals surface area contributed by atoms with Crippen LogP contribution in [0.15, 0.2) is 24.3 Å². The number of hydrogen-bond donors (Lipinski definition) is 3. The third kappa shape index (κ3) is 2.66. The first kappa shape index (κ1) is 17.1. The Morgan fingerprint density at radius 1 is 1.15 bits per heavy atom. The molecule has 2 amide bonds. The fourth-order valence-corrected chi connectivity index (χ4v) is 6.23. The summed E-state index contributed by atoms with van der Waals surface area (Å²) in [6, 6.07) is 8.10. The molecule has 5 nitrogen and oxygen atoms in total. The topological polar surface area (TPSA) is 70.2 Å². The van der Waals surface area contributed by atoms with Gasteiger partial charge in [-0.2, -0.15) is 0 Å². The van der Waals surface area contributed by atoms with Crippen molar-refractivity contribution in [3.05, 3.63) is 29.8 Å². The molecule has 4 saturated carbocycles. The molecule has 1 aromatic carbocycles. The lowest BCUT2D eigenvalue weighted by Crippen LogP contribution is -2.70. The molecule has 1 heterocycles. The van der Waals surface area contributed by atoms with E-state index in [4.69, 9.17) is 0 Å². The predicted octanol–water partition coefficient (Wildman–Crippen LogP) is 3.42. The van der Waals surface area contributed by atoms with Crippen molar-refractivity contribution in [1.82, 2.24) is 10.6 Å². The molecule has 27 heavy (non-hydrogen) atoms. The van der Waals surface area contributed by atoms with E-state index in [1.807, 2.05) is 24.3 Å². The van der Waals surface area contributed by atoms with E-state index < -0.39 is 5.66 Å². The number of para-hydroxylation sites is 1. The van der Waals surface area contributed by atoms with Crippen LogP contribution < -0.4 is 16.0 Å². The lowest BCUT2D eigenvalue weighted by Gasteiger charge is -2.60. The van der Waals surface area contributed by atoms with Gasteiger partial charge >= 0.3 is 0 Å². The highest BCUT2D eigenvalue weighted by atomic mass is 16.2. The van der Waals surface area contributed by atoms with Gasteiger partial charge in [0, 0.05) is 23.6 Å². The molecule has 4 fully saturated rings. The molecule has 4 aliphatic carbocycles. The molecule has 5 aliphatic rings. The molecule has 1 aliphatic heterocycles. The molecule has 2 bridgehead atoms. The van der Waals surface area contributed by atoms with Crippen molar-refractivity contribution in [2.75, 3.05) is 5.32 Å². The summed E-state index contributed by atoms with van der Waals surface area (Å²) in [5.74, 6) is 0.591. The quantitative estimate of drug-likeness (QED) is 0.750. The molecule has 144 valence electrons. The van der Waals surface area contributed by atoms with Gasteiger partial charge in [0.05, 0.1) is 5.56 Å². The van der Waals surface area contributed by atoms with Crippen molar-refractivity contribution in [3.8, 4) is 0 Å². The lowest BCUT2D eigenvalue weighted by molar-refractivity contribution is -0.140. The summed E-state index contributed by atoms with van der Waals surface area (Å²) in [5, 5.41) is 10.3. The number of carbonyl (C=O) groups is 2. The zero-order valence-corrected chi connectivity index (χ0v) is 16.0. The average molecular weight is 367 g/mol. The summed E-state index contributed by atoms with van der Waals surface area (Å²) in [6.07, 6.45) is 8.48. The third-order valence-electron chi connectivity index (χ3n) is 7.69. The second-order valence-electron chi connectivity index (χ2n) is 9.44. The SMILES string of the molecule is C[C@]12CC[C@H](C[C@@H]1C(=O)NC1CCCC1)[C@]1(C2)NC(=O)c2ccccc2N1. The Bertz CT molecular complexity index is 788. The molecule has 1 spiro atoms. The third-order valence-corrected chi connectivity index (χ3v) is 7.69. The van der Waals surface area contributed by atoms with Gasteiger partial charge in [-0.3, -0.25) is 9.59 Å². The van der Waals surface area contributed by atoms with E-state index in [9.17, 15) is 9.59 Å². The van der Waals surface area contributed by atoms with Crippen LogP contribution in [0.5, 0.6) is 0 Å². The highest BCUT2D eigenvalue weighted by molar-refractivity contribution is 6.02. The Balaban J connectivity index is 1.39. The largest absolute Gasteiger partial charge is 0.362 e. The van der Waals surface area contributed by atoms with Crippen LogP contribution in [0.2, 0.25) is 0 Å². The van der Waals surface area contributed by atoms with Crippen molar-refractivity contribution in [3.63, 3.8) is 0 Å². The minimum absolute atomic E-state index is 0.00690. The summed E-state index contributed by atoms with van der Waals surface area (Å²) in [6.45, 7) is 2.25. The summed E-state index contributed by atoms with van der Waals surface area (Å²) in [4.78, 5) is 25.8. The fraction of sp³-hybridized carbons (Fsp3) is 0.636. The Kier molecular flexibility index (Phi) is 3.78. The molecule has 0 unspecified atom stereocenters. The maximum absolute atomic E-state index is 13.1. The predicted molar refractivity (Wildman–Crippen MR) is 104 cm³/mol. The van der Waals surface area contributed by atoms with Gasteiger partial charge < -0.3 is 16.0 Å². The van der Waals surface area contributed by atoms with E-state index >= 15 is 0 Å². The molecule has 4 atom stereocenters. The Labute approximate surface area is 160 Å². The maximum atomic E-state index is 13.1. The van der Waals surface area contributed by atoms with Gasteiger partial charge in [0.2, 0.25) is 5.91 Å². The fourth-order valence-electron chi connectivity index (χ4n) is 6.23. The molecule has 1 aromatic rings. The summed E-state index contributed by atoms with van der Waals surface area (Å²) >= 11 is 0. The number of hydrogen-bond acceptors (Lipinski definition) is 3. The van der Waals surface area contributed by atoms with Crippen LogP contribution in [-0.2, 0) is 4.79 Å². The van der Waals surface area contributed by atoms with Crippen molar-refractivity contribution < 1.29 is 9.59 Å². The zero-order chi connectivity index (χ0) is 18.6. The standard InChI is InChI=1S/C22H29N3O2/c1-21-11-10-14(12-17(21)20(27)23-15-6-2-3-7-15)22(13-21)24-18-9-5-4-8-16(18)19(26)25-22/h4-5,8-9,14-15,17,24H,2-3,6-7,10-13H2,1H3,(H,23,27)(H,25,26)/t14-,17-,21-,22+/m1/s1. The second-order valence-corrected chi connectivity index (χ2v) is 9.44. The molecule has 6 rings (SSSR count). The number of nitrogens with one attached hydrogen (secondary N) is 3. The van der Waals surface area contributed by atoms with Crippen LogP contribution in [0.3, 0.4) is 0 Å². The number of carbonyl (C=O) groups excluding carboxylic acids is 2. The highest BCUT2D eigenvalue weighted by Gasteiger charge is 2.60. The minimum atomic E-state index is -0.414. The second kappa shape index (κ2) is 5.98. The van der Waals surface area contributed by atoms with E-state index in [0.717, 1.165) is 44.2 Å². The van der Waals surface area contributed by atoms with Gasteiger partial charge in [-0.1, -0.05) is 31.9 Å². The van der Waals surface area contributed by atoms with Crippen molar-refractivity contribution in [2.24, 2.45) is 17.3 Å². The lowest BCUT2D eigenvalue weighted by atomic mass is 9.51. The Hall–Kier alpha value is -2.04. The van der Waals surface area contributed by atoms with Crippen LogP contribution >= 0.6 is 0 Å². The molecular weight excluding hydrogens is 338 g/mol. The number of rotatable bonds is 2. The summed E-state index contributed by atoms with van der Waals surface area (Å²) in [7, 11) is 0. The summed E-state index contributed by atoms with van der Waals surface area (Å²) in [5.41, 5.74) is 1.14. The molecule has 0 radical (unpaired) electrons. The minimum Gasteiger partial charge on any atom is -0.362 e. The van der Waals surface area contributed by atoms with Gasteiger partial charge in [-0.05, 0) is 56.1 Å².